The molecule has 0 fully saturated rings. The number of hydrogen-bond donors (Lipinski definition) is 0. The molecule has 1 aliphatic carbocycles. The zero-order valence-corrected chi connectivity index (χ0v) is 13.6. The van der Waals surface area contributed by atoms with Gasteiger partial charge >= 0.3 is 5.97 Å². The van der Waals surface area contributed by atoms with Crippen LogP contribution in [-0.2, 0) is 14.9 Å². The van der Waals surface area contributed by atoms with Crippen molar-refractivity contribution in [3.05, 3.63) is 71.3 Å². The van der Waals surface area contributed by atoms with Gasteiger partial charge in [-0.05, 0) is 29.6 Å². The minimum Gasteiger partial charge on any atom is -0.468 e. The van der Waals surface area contributed by atoms with Crippen molar-refractivity contribution < 1.29 is 9.53 Å². The van der Waals surface area contributed by atoms with E-state index in [1.54, 1.807) is 0 Å². The van der Waals surface area contributed by atoms with E-state index in [-0.39, 0.29) is 5.97 Å². The van der Waals surface area contributed by atoms with Gasteiger partial charge in [-0.15, -0.1) is 0 Å². The second kappa shape index (κ2) is 7.26. The first-order valence-corrected chi connectivity index (χ1v) is 7.93. The summed E-state index contributed by atoms with van der Waals surface area (Å²) >= 11 is 0. The molecular formula is C20H24O2. The molecule has 2 rings (SSSR count). The van der Waals surface area contributed by atoms with Gasteiger partial charge < -0.3 is 4.74 Å². The van der Waals surface area contributed by atoms with E-state index in [1.165, 1.54) is 18.3 Å². The lowest BCUT2D eigenvalue weighted by molar-refractivity contribution is -0.143. The zero-order valence-electron chi connectivity index (χ0n) is 13.6. The fourth-order valence-electron chi connectivity index (χ4n) is 2.85. The summed E-state index contributed by atoms with van der Waals surface area (Å²) < 4.78 is 5.10. The number of allylic oxidation sites excluding steroid dienone is 4. The van der Waals surface area contributed by atoms with E-state index < -0.39 is 5.41 Å². The van der Waals surface area contributed by atoms with Crippen molar-refractivity contribution in [2.75, 3.05) is 7.11 Å². The lowest BCUT2D eigenvalue weighted by atomic mass is 9.74. The minimum absolute atomic E-state index is 0.240. The molecule has 0 bridgehead atoms. The molecule has 0 radical (unpaired) electrons. The van der Waals surface area contributed by atoms with E-state index >= 15 is 0 Å². The average molecular weight is 296 g/mol. The summed E-state index contributed by atoms with van der Waals surface area (Å²) in [6.07, 6.45) is 11.4. The topological polar surface area (TPSA) is 26.3 Å². The Kier molecular flexibility index (Phi) is 5.37. The van der Waals surface area contributed by atoms with Crippen LogP contribution in [0.5, 0.6) is 0 Å². The van der Waals surface area contributed by atoms with Gasteiger partial charge in [0.1, 0.15) is 5.41 Å². The Balaban J connectivity index is 2.53. The van der Waals surface area contributed by atoms with Crippen molar-refractivity contribution >= 4 is 5.97 Å². The summed E-state index contributed by atoms with van der Waals surface area (Å²) in [7, 11) is 1.45. The van der Waals surface area contributed by atoms with Crippen LogP contribution in [0.2, 0.25) is 0 Å². The number of methoxy groups -OCH3 is 1. The fraction of sp³-hybridized carbons (Fsp3) is 0.350. The highest BCUT2D eigenvalue weighted by Crippen LogP contribution is 2.37. The average Bonchev–Trinajstić information content (AvgIpc) is 2.59. The van der Waals surface area contributed by atoms with Crippen LogP contribution in [0.15, 0.2) is 65.8 Å². The second-order valence-electron chi connectivity index (χ2n) is 5.53. The highest BCUT2D eigenvalue weighted by atomic mass is 16.5. The molecule has 2 nitrogen and oxygen atoms in total. The highest BCUT2D eigenvalue weighted by molar-refractivity contribution is 5.89. The van der Waals surface area contributed by atoms with Crippen molar-refractivity contribution in [1.29, 1.82) is 0 Å². The van der Waals surface area contributed by atoms with Crippen LogP contribution in [-0.4, -0.2) is 13.1 Å². The molecule has 0 heterocycles. The third-order valence-electron chi connectivity index (χ3n) is 4.11. The standard InChI is InChI=1S/C20H24O2/c1-4-6-10-17-13-14-20(19(21)22-3,15-16(17)5-2)18-11-8-7-9-12-18/h7-15H,4-6H2,1-3H3. The van der Waals surface area contributed by atoms with E-state index in [2.05, 4.69) is 32.1 Å². The maximum Gasteiger partial charge on any atom is 0.324 e. The molecule has 2 heteroatoms. The van der Waals surface area contributed by atoms with Gasteiger partial charge in [-0.2, -0.15) is 0 Å². The third kappa shape index (κ3) is 3.06. The third-order valence-corrected chi connectivity index (χ3v) is 4.11. The Morgan fingerprint density at radius 2 is 1.95 bits per heavy atom. The van der Waals surface area contributed by atoms with Crippen molar-refractivity contribution in [2.24, 2.45) is 0 Å². The van der Waals surface area contributed by atoms with Gasteiger partial charge in [0.25, 0.3) is 0 Å². The predicted molar refractivity (Wildman–Crippen MR) is 90.6 cm³/mol. The largest absolute Gasteiger partial charge is 0.468 e. The van der Waals surface area contributed by atoms with Gasteiger partial charge in [-0.25, -0.2) is 0 Å². The Bertz CT molecular complexity index is 608. The van der Waals surface area contributed by atoms with Gasteiger partial charge in [-0.3, -0.25) is 4.79 Å². The Hall–Kier alpha value is -2.09. The minimum atomic E-state index is -0.815. The van der Waals surface area contributed by atoms with Crippen LogP contribution in [0, 0.1) is 0 Å². The first-order chi connectivity index (χ1) is 10.7. The number of benzene rings is 1. The molecule has 116 valence electrons. The molecule has 0 spiro atoms. The van der Waals surface area contributed by atoms with Crippen LogP contribution in [0.25, 0.3) is 0 Å². The molecule has 0 aromatic heterocycles. The summed E-state index contributed by atoms with van der Waals surface area (Å²) in [6, 6.07) is 9.82. The predicted octanol–water partition coefficient (Wildman–Crippen LogP) is 4.73. The maximum atomic E-state index is 12.5. The van der Waals surface area contributed by atoms with Gasteiger partial charge in [0, 0.05) is 0 Å². The lowest BCUT2D eigenvalue weighted by Crippen LogP contribution is -2.35. The number of hydrogen-bond acceptors (Lipinski definition) is 2. The summed E-state index contributed by atoms with van der Waals surface area (Å²) in [5.74, 6) is -0.240. The van der Waals surface area contributed by atoms with Gasteiger partial charge in [-0.1, -0.05) is 74.9 Å². The molecule has 1 aromatic rings. The summed E-state index contributed by atoms with van der Waals surface area (Å²) in [4.78, 5) is 12.5. The Morgan fingerprint density at radius 1 is 1.23 bits per heavy atom. The molecule has 1 unspecified atom stereocenters. The van der Waals surface area contributed by atoms with Crippen molar-refractivity contribution in [3.8, 4) is 0 Å². The Morgan fingerprint density at radius 3 is 2.55 bits per heavy atom. The number of carbonyl (C=O) groups excluding carboxylic acids is 1. The van der Waals surface area contributed by atoms with Crippen molar-refractivity contribution in [1.82, 2.24) is 0 Å². The fourth-order valence-corrected chi connectivity index (χ4v) is 2.85. The first-order valence-electron chi connectivity index (χ1n) is 7.93. The summed E-state index contributed by atoms with van der Waals surface area (Å²) in [6.45, 7) is 4.29. The molecule has 0 amide bonds. The van der Waals surface area contributed by atoms with Crippen LogP contribution >= 0.6 is 0 Å². The van der Waals surface area contributed by atoms with E-state index in [4.69, 9.17) is 4.74 Å². The van der Waals surface area contributed by atoms with Crippen LogP contribution in [0.4, 0.5) is 0 Å². The van der Waals surface area contributed by atoms with E-state index in [9.17, 15) is 4.79 Å². The molecule has 0 N–H and O–H groups in total. The first kappa shape index (κ1) is 16.3. The molecule has 0 aliphatic heterocycles. The number of carbonyl (C=O) groups is 1. The maximum absolute atomic E-state index is 12.5. The van der Waals surface area contributed by atoms with Crippen LogP contribution in [0.3, 0.4) is 0 Å². The van der Waals surface area contributed by atoms with Crippen molar-refractivity contribution in [2.45, 2.75) is 38.5 Å². The molecule has 1 aromatic carbocycles. The van der Waals surface area contributed by atoms with E-state index in [0.717, 1.165) is 24.8 Å². The monoisotopic (exact) mass is 296 g/mol. The summed E-state index contributed by atoms with van der Waals surface area (Å²) in [5.41, 5.74) is 2.55. The quantitative estimate of drug-likeness (QED) is 0.734. The SMILES string of the molecule is CCCC=C1C=CC(C(=O)OC)(c2ccccc2)C=C1CC. The van der Waals surface area contributed by atoms with Crippen LogP contribution < -0.4 is 0 Å². The summed E-state index contributed by atoms with van der Waals surface area (Å²) in [5, 5.41) is 0. The smallest absolute Gasteiger partial charge is 0.324 e. The van der Waals surface area contributed by atoms with Gasteiger partial charge in [0.05, 0.1) is 7.11 Å². The number of rotatable bonds is 5. The van der Waals surface area contributed by atoms with Gasteiger partial charge in [0.2, 0.25) is 0 Å². The van der Waals surface area contributed by atoms with E-state index in [1.807, 2.05) is 36.4 Å². The second-order valence-corrected chi connectivity index (χ2v) is 5.53. The van der Waals surface area contributed by atoms with Crippen LogP contribution in [0.1, 0.15) is 38.7 Å². The normalized spacial score (nSPS) is 22.5. The molecular weight excluding hydrogens is 272 g/mol. The number of unbranched alkanes of at least 4 members (excludes halogenated alkanes) is 1. The number of ether oxygens (including phenoxy) is 1. The molecule has 1 aliphatic rings. The van der Waals surface area contributed by atoms with E-state index in [0.29, 0.717) is 0 Å². The molecule has 1 atom stereocenters. The molecule has 0 saturated heterocycles. The Labute approximate surface area is 133 Å². The highest BCUT2D eigenvalue weighted by Gasteiger charge is 2.39. The molecule has 22 heavy (non-hydrogen) atoms. The molecule has 0 saturated carbocycles. The number of esters is 1. The zero-order chi connectivity index (χ0) is 16.0. The van der Waals surface area contributed by atoms with Crippen molar-refractivity contribution in [3.63, 3.8) is 0 Å². The van der Waals surface area contributed by atoms with Gasteiger partial charge in [0.15, 0.2) is 0 Å². The lowest BCUT2D eigenvalue weighted by Gasteiger charge is -2.30.